The number of hydrogen-bond acceptors (Lipinski definition) is 3. The predicted octanol–water partition coefficient (Wildman–Crippen LogP) is 2.36. The van der Waals surface area contributed by atoms with Crippen molar-refractivity contribution in [1.29, 1.82) is 0 Å². The van der Waals surface area contributed by atoms with Crippen LogP contribution in [-0.2, 0) is 0 Å². The normalized spacial score (nSPS) is 12.3. The largest absolute Gasteiger partial charge is 0.490 e. The van der Waals surface area contributed by atoms with Crippen molar-refractivity contribution in [2.45, 2.75) is 33.3 Å². The van der Waals surface area contributed by atoms with Crippen LogP contribution in [0.15, 0.2) is 18.2 Å². The van der Waals surface area contributed by atoms with E-state index in [2.05, 4.69) is 5.32 Å². The topological polar surface area (TPSA) is 58.6 Å². The lowest BCUT2D eigenvalue weighted by atomic mass is 10.0. The molecule has 0 saturated heterocycles. The highest BCUT2D eigenvalue weighted by atomic mass is 19.1. The highest BCUT2D eigenvalue weighted by molar-refractivity contribution is 5.96. The quantitative estimate of drug-likeness (QED) is 0.807. The highest BCUT2D eigenvalue weighted by Crippen LogP contribution is 2.22. The second kappa shape index (κ2) is 7.85. The SMILES string of the molecule is CCOc1c(F)cccc1C(=O)NCCC(O)C(C)C. The van der Waals surface area contributed by atoms with Gasteiger partial charge in [-0.05, 0) is 31.4 Å². The molecule has 5 heteroatoms. The van der Waals surface area contributed by atoms with E-state index < -0.39 is 17.8 Å². The lowest BCUT2D eigenvalue weighted by Gasteiger charge is -2.15. The van der Waals surface area contributed by atoms with Gasteiger partial charge in [-0.25, -0.2) is 4.39 Å². The fourth-order valence-electron chi connectivity index (χ4n) is 1.74. The van der Waals surface area contributed by atoms with Crippen LogP contribution >= 0.6 is 0 Å². The van der Waals surface area contributed by atoms with Crippen molar-refractivity contribution in [1.82, 2.24) is 5.32 Å². The highest BCUT2D eigenvalue weighted by Gasteiger charge is 2.16. The number of aliphatic hydroxyl groups is 1. The Hall–Kier alpha value is -1.62. The average Bonchev–Trinajstić information content (AvgIpc) is 2.40. The zero-order valence-electron chi connectivity index (χ0n) is 12.1. The molecule has 0 fully saturated rings. The zero-order chi connectivity index (χ0) is 15.1. The summed E-state index contributed by atoms with van der Waals surface area (Å²) < 4.78 is 18.8. The zero-order valence-corrected chi connectivity index (χ0v) is 12.1. The number of nitrogens with one attached hydrogen (secondary N) is 1. The van der Waals surface area contributed by atoms with E-state index in [9.17, 15) is 14.3 Å². The molecule has 1 rings (SSSR count). The molecule has 1 aromatic rings. The van der Waals surface area contributed by atoms with Crippen molar-refractivity contribution in [3.63, 3.8) is 0 Å². The van der Waals surface area contributed by atoms with Gasteiger partial charge in [0, 0.05) is 6.54 Å². The van der Waals surface area contributed by atoms with Gasteiger partial charge in [0.05, 0.1) is 18.3 Å². The first-order chi connectivity index (χ1) is 9.47. The van der Waals surface area contributed by atoms with E-state index in [1.54, 1.807) is 6.92 Å². The molecule has 0 aliphatic heterocycles. The summed E-state index contributed by atoms with van der Waals surface area (Å²) in [5.74, 6) is -0.845. The van der Waals surface area contributed by atoms with Crippen LogP contribution in [0.3, 0.4) is 0 Å². The lowest BCUT2D eigenvalue weighted by molar-refractivity contribution is 0.0916. The number of carbonyl (C=O) groups is 1. The predicted molar refractivity (Wildman–Crippen MR) is 75.4 cm³/mol. The molecular formula is C15H22FNO3. The van der Waals surface area contributed by atoms with Crippen LogP contribution in [0.2, 0.25) is 0 Å². The number of ether oxygens (including phenoxy) is 1. The first-order valence-electron chi connectivity index (χ1n) is 6.85. The summed E-state index contributed by atoms with van der Waals surface area (Å²) in [5, 5.41) is 12.3. The van der Waals surface area contributed by atoms with Gasteiger partial charge in [0.25, 0.3) is 5.91 Å². The summed E-state index contributed by atoms with van der Waals surface area (Å²) >= 11 is 0. The first-order valence-corrected chi connectivity index (χ1v) is 6.85. The molecule has 1 aromatic carbocycles. The average molecular weight is 283 g/mol. The number of amides is 1. The van der Waals surface area contributed by atoms with Crippen molar-refractivity contribution in [3.05, 3.63) is 29.6 Å². The van der Waals surface area contributed by atoms with Crippen molar-refractivity contribution in [2.24, 2.45) is 5.92 Å². The van der Waals surface area contributed by atoms with Gasteiger partial charge >= 0.3 is 0 Å². The Kier molecular flexibility index (Phi) is 6.45. The summed E-state index contributed by atoms with van der Waals surface area (Å²) in [6, 6.07) is 4.24. The van der Waals surface area contributed by atoms with Crippen molar-refractivity contribution < 1.29 is 19.0 Å². The standard InChI is InChI=1S/C15H22FNO3/c1-4-20-14-11(6-5-7-12(14)16)15(19)17-9-8-13(18)10(2)3/h5-7,10,13,18H,4,8-9H2,1-3H3,(H,17,19). The summed E-state index contributed by atoms with van der Waals surface area (Å²) in [4.78, 5) is 12.0. The van der Waals surface area contributed by atoms with Crippen LogP contribution in [0, 0.1) is 11.7 Å². The number of rotatable bonds is 7. The van der Waals surface area contributed by atoms with Crippen LogP contribution in [0.4, 0.5) is 4.39 Å². The van der Waals surface area contributed by atoms with E-state index in [1.165, 1.54) is 18.2 Å². The molecule has 1 atom stereocenters. The van der Waals surface area contributed by atoms with E-state index in [0.717, 1.165) is 0 Å². The molecule has 20 heavy (non-hydrogen) atoms. The number of hydrogen-bond donors (Lipinski definition) is 2. The van der Waals surface area contributed by atoms with Crippen LogP contribution in [-0.4, -0.2) is 30.3 Å². The summed E-state index contributed by atoms with van der Waals surface area (Å²) in [6.45, 7) is 6.17. The number of carbonyl (C=O) groups excluding carboxylic acids is 1. The van der Waals surface area contributed by atoms with Crippen LogP contribution in [0.1, 0.15) is 37.6 Å². The van der Waals surface area contributed by atoms with E-state index in [-0.39, 0.29) is 23.8 Å². The summed E-state index contributed by atoms with van der Waals surface area (Å²) in [7, 11) is 0. The molecule has 1 amide bonds. The Bertz CT molecular complexity index is 449. The second-order valence-electron chi connectivity index (χ2n) is 4.91. The number of para-hydroxylation sites is 1. The van der Waals surface area contributed by atoms with Gasteiger partial charge < -0.3 is 15.2 Å². The third-order valence-electron chi connectivity index (χ3n) is 3.00. The molecule has 112 valence electrons. The van der Waals surface area contributed by atoms with Gasteiger partial charge in [0.2, 0.25) is 0 Å². The second-order valence-corrected chi connectivity index (χ2v) is 4.91. The number of benzene rings is 1. The summed E-state index contributed by atoms with van der Waals surface area (Å²) in [5.41, 5.74) is 0.172. The van der Waals surface area contributed by atoms with Gasteiger partial charge in [-0.2, -0.15) is 0 Å². The lowest BCUT2D eigenvalue weighted by Crippen LogP contribution is -2.29. The number of aliphatic hydroxyl groups excluding tert-OH is 1. The Balaban J connectivity index is 2.66. The maximum Gasteiger partial charge on any atom is 0.255 e. The van der Waals surface area contributed by atoms with Crippen LogP contribution < -0.4 is 10.1 Å². The fraction of sp³-hybridized carbons (Fsp3) is 0.533. The van der Waals surface area contributed by atoms with E-state index in [4.69, 9.17) is 4.74 Å². The molecule has 0 aliphatic carbocycles. The smallest absolute Gasteiger partial charge is 0.255 e. The van der Waals surface area contributed by atoms with Crippen molar-refractivity contribution >= 4 is 5.91 Å². The molecule has 0 aromatic heterocycles. The first kappa shape index (κ1) is 16.4. The van der Waals surface area contributed by atoms with Crippen LogP contribution in [0.25, 0.3) is 0 Å². The minimum atomic E-state index is -0.554. The molecular weight excluding hydrogens is 261 g/mol. The maximum atomic E-state index is 13.6. The third kappa shape index (κ3) is 4.49. The Morgan fingerprint density at radius 2 is 2.15 bits per heavy atom. The molecule has 0 heterocycles. The third-order valence-corrected chi connectivity index (χ3v) is 3.00. The Labute approximate surface area is 119 Å². The van der Waals surface area contributed by atoms with Gasteiger partial charge in [-0.3, -0.25) is 4.79 Å². The van der Waals surface area contributed by atoms with Gasteiger partial charge in [0.15, 0.2) is 11.6 Å². The minimum Gasteiger partial charge on any atom is -0.490 e. The molecule has 0 radical (unpaired) electrons. The Morgan fingerprint density at radius 3 is 2.75 bits per heavy atom. The monoisotopic (exact) mass is 283 g/mol. The Morgan fingerprint density at radius 1 is 1.45 bits per heavy atom. The van der Waals surface area contributed by atoms with E-state index in [1.807, 2.05) is 13.8 Å². The van der Waals surface area contributed by atoms with Crippen molar-refractivity contribution in [2.75, 3.05) is 13.2 Å². The maximum absolute atomic E-state index is 13.6. The molecule has 0 bridgehead atoms. The molecule has 0 saturated carbocycles. The molecule has 4 nitrogen and oxygen atoms in total. The molecule has 1 unspecified atom stereocenters. The van der Waals surface area contributed by atoms with Crippen molar-refractivity contribution in [3.8, 4) is 5.75 Å². The number of halogens is 1. The summed E-state index contributed by atoms with van der Waals surface area (Å²) in [6.07, 6.45) is -0.00273. The van der Waals surface area contributed by atoms with E-state index in [0.29, 0.717) is 13.0 Å². The van der Waals surface area contributed by atoms with Crippen LogP contribution in [0.5, 0.6) is 5.75 Å². The van der Waals surface area contributed by atoms with Gasteiger partial charge in [0.1, 0.15) is 0 Å². The molecule has 0 spiro atoms. The van der Waals surface area contributed by atoms with Gasteiger partial charge in [-0.15, -0.1) is 0 Å². The minimum absolute atomic E-state index is 0.0306. The van der Waals surface area contributed by atoms with Gasteiger partial charge in [-0.1, -0.05) is 19.9 Å². The fourth-order valence-corrected chi connectivity index (χ4v) is 1.74. The molecule has 0 aliphatic rings. The molecule has 2 N–H and O–H groups in total. The van der Waals surface area contributed by atoms with E-state index >= 15 is 0 Å².